The summed E-state index contributed by atoms with van der Waals surface area (Å²) < 4.78 is 0. The van der Waals surface area contributed by atoms with Crippen LogP contribution in [0.15, 0.2) is 12.2 Å². The standard InChI is InChI=1S/C11H12O8/c1-5-10(6(12)13,7(14)15)3-2-4-11(5,8(16)17)9(18)19/h2-3,5H,4H2,1H3,(H,12,13)(H,14,15)(H,16,17)(H,18,19). The quantitative estimate of drug-likeness (QED) is 0.409. The van der Waals surface area contributed by atoms with E-state index in [9.17, 15) is 19.2 Å². The lowest BCUT2D eigenvalue weighted by Gasteiger charge is -2.41. The minimum absolute atomic E-state index is 0.471. The van der Waals surface area contributed by atoms with Gasteiger partial charge in [0.25, 0.3) is 0 Å². The van der Waals surface area contributed by atoms with Gasteiger partial charge in [-0.2, -0.15) is 0 Å². The minimum Gasteiger partial charge on any atom is -0.480 e. The molecule has 1 unspecified atom stereocenters. The molecule has 0 saturated heterocycles. The Bertz CT molecular complexity index is 461. The van der Waals surface area contributed by atoms with E-state index in [1.807, 2.05) is 0 Å². The van der Waals surface area contributed by atoms with E-state index in [1.54, 1.807) is 0 Å². The van der Waals surface area contributed by atoms with Crippen LogP contribution < -0.4 is 0 Å². The first-order valence-corrected chi connectivity index (χ1v) is 5.25. The Labute approximate surface area is 107 Å². The predicted octanol–water partition coefficient (Wildman–Crippen LogP) is -0.106. The Morgan fingerprint density at radius 2 is 1.37 bits per heavy atom. The smallest absolute Gasteiger partial charge is 0.325 e. The molecule has 1 aliphatic rings. The average molecular weight is 272 g/mol. The van der Waals surface area contributed by atoms with Gasteiger partial charge in [-0.3, -0.25) is 19.2 Å². The van der Waals surface area contributed by atoms with Crippen molar-refractivity contribution in [2.45, 2.75) is 13.3 Å². The van der Waals surface area contributed by atoms with Crippen LogP contribution in [0.2, 0.25) is 0 Å². The molecule has 19 heavy (non-hydrogen) atoms. The van der Waals surface area contributed by atoms with Crippen LogP contribution in [0.5, 0.6) is 0 Å². The zero-order chi connectivity index (χ0) is 15.0. The van der Waals surface area contributed by atoms with E-state index in [4.69, 9.17) is 20.4 Å². The summed E-state index contributed by atoms with van der Waals surface area (Å²) in [5.41, 5.74) is -5.06. The van der Waals surface area contributed by atoms with Crippen LogP contribution in [0.25, 0.3) is 0 Å². The number of carboxylic acid groups (broad SMARTS) is 4. The van der Waals surface area contributed by atoms with Crippen LogP contribution in [-0.4, -0.2) is 44.3 Å². The third-order valence-corrected chi connectivity index (χ3v) is 3.71. The molecule has 1 aliphatic carbocycles. The van der Waals surface area contributed by atoms with Gasteiger partial charge in [0.1, 0.15) is 0 Å². The van der Waals surface area contributed by atoms with Crippen LogP contribution >= 0.6 is 0 Å². The van der Waals surface area contributed by atoms with Crippen molar-refractivity contribution < 1.29 is 39.6 Å². The zero-order valence-electron chi connectivity index (χ0n) is 9.86. The second-order valence-corrected chi connectivity index (χ2v) is 4.39. The third-order valence-electron chi connectivity index (χ3n) is 3.71. The summed E-state index contributed by atoms with van der Waals surface area (Å²) >= 11 is 0. The van der Waals surface area contributed by atoms with Gasteiger partial charge in [-0.25, -0.2) is 0 Å². The topological polar surface area (TPSA) is 149 Å². The molecule has 1 rings (SSSR count). The largest absolute Gasteiger partial charge is 0.480 e. The normalized spacial score (nSPS) is 23.5. The Morgan fingerprint density at radius 1 is 0.947 bits per heavy atom. The van der Waals surface area contributed by atoms with Crippen molar-refractivity contribution in [2.24, 2.45) is 16.7 Å². The van der Waals surface area contributed by atoms with Crippen molar-refractivity contribution in [3.05, 3.63) is 12.2 Å². The second-order valence-electron chi connectivity index (χ2n) is 4.39. The maximum atomic E-state index is 11.3. The van der Waals surface area contributed by atoms with Crippen LogP contribution in [-0.2, 0) is 19.2 Å². The van der Waals surface area contributed by atoms with Crippen molar-refractivity contribution in [2.75, 3.05) is 0 Å². The minimum atomic E-state index is -2.57. The maximum Gasteiger partial charge on any atom is 0.325 e. The van der Waals surface area contributed by atoms with Crippen LogP contribution in [0.4, 0.5) is 0 Å². The van der Waals surface area contributed by atoms with Gasteiger partial charge in [0.15, 0.2) is 10.8 Å². The first-order valence-electron chi connectivity index (χ1n) is 5.25. The molecule has 8 nitrogen and oxygen atoms in total. The first kappa shape index (κ1) is 14.7. The Balaban J connectivity index is 3.59. The van der Waals surface area contributed by atoms with Crippen molar-refractivity contribution >= 4 is 23.9 Å². The molecule has 0 aromatic rings. The van der Waals surface area contributed by atoms with E-state index < -0.39 is 47.0 Å². The molecule has 0 fully saturated rings. The summed E-state index contributed by atoms with van der Waals surface area (Å²) in [6.07, 6.45) is 1.35. The van der Waals surface area contributed by atoms with E-state index in [2.05, 4.69) is 0 Å². The van der Waals surface area contributed by atoms with Gasteiger partial charge >= 0.3 is 23.9 Å². The molecule has 0 aromatic heterocycles. The lowest BCUT2D eigenvalue weighted by Crippen LogP contribution is -2.57. The van der Waals surface area contributed by atoms with E-state index in [1.165, 1.54) is 0 Å². The molecular formula is C11H12O8. The second kappa shape index (κ2) is 4.38. The highest BCUT2D eigenvalue weighted by Gasteiger charge is 2.65. The van der Waals surface area contributed by atoms with Crippen molar-refractivity contribution in [1.82, 2.24) is 0 Å². The SMILES string of the molecule is CC1C(C(=O)O)(C(=O)O)C=CCC1(C(=O)O)C(=O)O. The molecular weight excluding hydrogens is 260 g/mol. The number of hydrogen-bond donors (Lipinski definition) is 4. The monoisotopic (exact) mass is 272 g/mol. The number of allylic oxidation sites excluding steroid dienone is 1. The molecule has 0 amide bonds. The summed E-state index contributed by atoms with van der Waals surface area (Å²) in [6, 6.07) is 0. The fraction of sp³-hybridized carbons (Fsp3) is 0.455. The van der Waals surface area contributed by atoms with E-state index in [0.717, 1.165) is 19.1 Å². The molecule has 0 heterocycles. The van der Waals surface area contributed by atoms with Gasteiger partial charge in [0.2, 0.25) is 0 Å². The van der Waals surface area contributed by atoms with Crippen molar-refractivity contribution in [1.29, 1.82) is 0 Å². The van der Waals surface area contributed by atoms with Gasteiger partial charge in [0.05, 0.1) is 0 Å². The highest BCUT2D eigenvalue weighted by atomic mass is 16.4. The predicted molar refractivity (Wildman–Crippen MR) is 58.3 cm³/mol. The van der Waals surface area contributed by atoms with Gasteiger partial charge < -0.3 is 20.4 Å². The van der Waals surface area contributed by atoms with E-state index in [-0.39, 0.29) is 0 Å². The molecule has 0 bridgehead atoms. The van der Waals surface area contributed by atoms with E-state index in [0.29, 0.717) is 0 Å². The van der Waals surface area contributed by atoms with Crippen LogP contribution in [0, 0.1) is 16.7 Å². The number of rotatable bonds is 4. The van der Waals surface area contributed by atoms with Gasteiger partial charge in [-0.15, -0.1) is 0 Å². The molecule has 104 valence electrons. The summed E-state index contributed by atoms with van der Waals surface area (Å²) in [4.78, 5) is 45.0. The Morgan fingerprint density at radius 3 is 1.68 bits per heavy atom. The fourth-order valence-corrected chi connectivity index (χ4v) is 2.38. The Hall–Kier alpha value is -2.38. The van der Waals surface area contributed by atoms with Gasteiger partial charge in [-0.1, -0.05) is 19.1 Å². The van der Waals surface area contributed by atoms with Crippen molar-refractivity contribution in [3.8, 4) is 0 Å². The molecule has 0 spiro atoms. The molecule has 0 aliphatic heterocycles. The summed E-state index contributed by atoms with van der Waals surface area (Å²) in [5.74, 6) is -8.77. The number of carboxylic acids is 4. The third kappa shape index (κ3) is 1.67. The molecule has 0 saturated carbocycles. The van der Waals surface area contributed by atoms with Crippen molar-refractivity contribution in [3.63, 3.8) is 0 Å². The molecule has 0 radical (unpaired) electrons. The average Bonchev–Trinajstić information content (AvgIpc) is 2.27. The lowest BCUT2D eigenvalue weighted by molar-refractivity contribution is -0.180. The van der Waals surface area contributed by atoms with Gasteiger partial charge in [0, 0.05) is 5.92 Å². The summed E-state index contributed by atoms with van der Waals surface area (Å²) in [7, 11) is 0. The summed E-state index contributed by atoms with van der Waals surface area (Å²) in [6.45, 7) is 1.01. The first-order chi connectivity index (χ1) is 8.64. The summed E-state index contributed by atoms with van der Waals surface area (Å²) in [5, 5.41) is 36.5. The highest BCUT2D eigenvalue weighted by Crippen LogP contribution is 2.49. The van der Waals surface area contributed by atoms with Gasteiger partial charge in [-0.05, 0) is 6.42 Å². The van der Waals surface area contributed by atoms with Crippen LogP contribution in [0.3, 0.4) is 0 Å². The zero-order valence-corrected chi connectivity index (χ0v) is 9.86. The van der Waals surface area contributed by atoms with E-state index >= 15 is 0 Å². The number of aliphatic carboxylic acids is 4. The number of hydrogen-bond acceptors (Lipinski definition) is 4. The Kier molecular flexibility index (Phi) is 3.38. The fourth-order valence-electron chi connectivity index (χ4n) is 2.38. The highest BCUT2D eigenvalue weighted by molar-refractivity contribution is 6.06. The molecule has 8 heteroatoms. The molecule has 1 atom stereocenters. The van der Waals surface area contributed by atoms with Crippen LogP contribution in [0.1, 0.15) is 13.3 Å². The number of carbonyl (C=O) groups is 4. The molecule has 4 N–H and O–H groups in total. The lowest BCUT2D eigenvalue weighted by atomic mass is 9.57. The maximum absolute atomic E-state index is 11.3. The molecule has 0 aromatic carbocycles.